The quantitative estimate of drug-likeness (QED) is 0.312. The van der Waals surface area contributed by atoms with Crippen LogP contribution in [0, 0.1) is 23.1 Å². The van der Waals surface area contributed by atoms with Gasteiger partial charge in [-0.2, -0.15) is 18.2 Å². The molecule has 0 amide bonds. The van der Waals surface area contributed by atoms with Gasteiger partial charge in [0.25, 0.3) is 5.78 Å². The molecule has 0 unspecified atom stereocenters. The van der Waals surface area contributed by atoms with Crippen molar-refractivity contribution < 1.29 is 17.6 Å². The average Bonchev–Trinajstić information content (AvgIpc) is 3.46. The summed E-state index contributed by atoms with van der Waals surface area (Å²) in [4.78, 5) is 10.8. The topological polar surface area (TPSA) is 59.2 Å². The summed E-state index contributed by atoms with van der Waals surface area (Å²) in [5.41, 5.74) is 0.782. The number of alkyl halides is 3. The van der Waals surface area contributed by atoms with Crippen LogP contribution in [0.1, 0.15) is 30.4 Å². The number of nitrogens with zero attached hydrogens (tertiary/aromatic N) is 6. The first-order chi connectivity index (χ1) is 15.9. The molecular weight excluding hydrogens is 436 g/mol. The zero-order chi connectivity index (χ0) is 22.8. The molecule has 4 aromatic rings. The van der Waals surface area contributed by atoms with E-state index >= 15 is 0 Å². The van der Waals surface area contributed by atoms with Crippen LogP contribution in [0.4, 0.5) is 29.1 Å². The van der Waals surface area contributed by atoms with E-state index in [9.17, 15) is 17.6 Å². The van der Waals surface area contributed by atoms with Gasteiger partial charge < -0.3 is 4.90 Å². The zero-order valence-corrected chi connectivity index (χ0v) is 17.2. The molecule has 1 aromatic carbocycles. The smallest absolute Gasteiger partial charge is 0.324 e. The molecule has 33 heavy (non-hydrogen) atoms. The predicted molar refractivity (Wildman–Crippen MR) is 112 cm³/mol. The summed E-state index contributed by atoms with van der Waals surface area (Å²) in [7, 11) is 0. The van der Waals surface area contributed by atoms with E-state index in [4.69, 9.17) is 0 Å². The third-order valence-corrected chi connectivity index (χ3v) is 6.31. The normalized spacial score (nSPS) is 17.0. The number of halogens is 4. The second-order valence-corrected chi connectivity index (χ2v) is 8.37. The van der Waals surface area contributed by atoms with Gasteiger partial charge in [0, 0.05) is 23.7 Å². The molecule has 6 rings (SSSR count). The van der Waals surface area contributed by atoms with Crippen molar-refractivity contribution in [1.29, 1.82) is 0 Å². The maximum absolute atomic E-state index is 14.2. The lowest BCUT2D eigenvalue weighted by atomic mass is 9.97. The van der Waals surface area contributed by atoms with Crippen LogP contribution in [0.2, 0.25) is 0 Å². The minimum Gasteiger partial charge on any atom is -0.324 e. The third kappa shape index (κ3) is 3.10. The highest BCUT2D eigenvalue weighted by Gasteiger charge is 2.62. The van der Waals surface area contributed by atoms with Gasteiger partial charge in [-0.15, -0.1) is 10.2 Å². The molecule has 0 atom stereocenters. The summed E-state index contributed by atoms with van der Waals surface area (Å²) >= 11 is 0. The highest BCUT2D eigenvalue weighted by Crippen LogP contribution is 2.57. The minimum absolute atomic E-state index is 0.0257. The number of anilines is 2. The molecule has 1 aliphatic carbocycles. The van der Waals surface area contributed by atoms with Crippen molar-refractivity contribution in [1.82, 2.24) is 24.6 Å². The van der Waals surface area contributed by atoms with E-state index in [1.54, 1.807) is 16.7 Å². The van der Waals surface area contributed by atoms with Gasteiger partial charge in [0.2, 0.25) is 0 Å². The first kappa shape index (κ1) is 19.9. The molecule has 10 heteroatoms. The molecule has 1 saturated carbocycles. The monoisotopic (exact) mass is 452 g/mol. The van der Waals surface area contributed by atoms with Crippen molar-refractivity contribution in [2.45, 2.75) is 31.9 Å². The number of aromatic nitrogens is 5. The Kier molecular flexibility index (Phi) is 4.15. The third-order valence-electron chi connectivity index (χ3n) is 6.31. The van der Waals surface area contributed by atoms with Crippen LogP contribution in [-0.4, -0.2) is 37.3 Å². The molecule has 4 heterocycles. The van der Waals surface area contributed by atoms with Gasteiger partial charge in [-0.25, -0.2) is 4.39 Å². The lowest BCUT2D eigenvalue weighted by molar-refractivity contribution is -0.168. The molecule has 0 saturated heterocycles. The first-order valence-electron chi connectivity index (χ1n) is 10.5. The summed E-state index contributed by atoms with van der Waals surface area (Å²) in [6.07, 6.45) is 1.76. The molecular formula is C23H16F4N6. The highest BCUT2D eigenvalue weighted by atomic mass is 19.4. The number of rotatable bonds is 1. The molecule has 166 valence electrons. The van der Waals surface area contributed by atoms with Gasteiger partial charge in [0.1, 0.15) is 23.4 Å². The van der Waals surface area contributed by atoms with Crippen LogP contribution in [0.25, 0.3) is 16.7 Å². The molecule has 0 spiro atoms. The Morgan fingerprint density at radius 1 is 1.12 bits per heavy atom. The van der Waals surface area contributed by atoms with Gasteiger partial charge >= 0.3 is 6.18 Å². The Bertz CT molecular complexity index is 1480. The molecule has 0 radical (unpaired) electrons. The number of hydrogen-bond donors (Lipinski definition) is 0. The van der Waals surface area contributed by atoms with Crippen LogP contribution < -0.4 is 4.90 Å². The summed E-state index contributed by atoms with van der Waals surface area (Å²) in [6, 6.07) is 4.41. The van der Waals surface area contributed by atoms with Crippen molar-refractivity contribution in [3.8, 4) is 11.8 Å². The minimum atomic E-state index is -4.34. The fraction of sp³-hybridized carbons (Fsp3) is 0.304. The summed E-state index contributed by atoms with van der Waals surface area (Å²) < 4.78 is 55.8. The van der Waals surface area contributed by atoms with Crippen molar-refractivity contribution in [2.75, 3.05) is 11.4 Å². The fourth-order valence-corrected chi connectivity index (χ4v) is 4.36. The average molecular weight is 452 g/mol. The van der Waals surface area contributed by atoms with E-state index < -0.39 is 17.4 Å². The van der Waals surface area contributed by atoms with Crippen molar-refractivity contribution >= 4 is 28.2 Å². The van der Waals surface area contributed by atoms with E-state index in [1.807, 2.05) is 4.90 Å². The van der Waals surface area contributed by atoms with Gasteiger partial charge in [0.05, 0.1) is 17.4 Å². The molecule has 1 aliphatic heterocycles. The molecule has 0 N–H and O–H groups in total. The first-order valence-corrected chi connectivity index (χ1v) is 10.5. The van der Waals surface area contributed by atoms with Crippen molar-refractivity contribution in [3.05, 3.63) is 53.9 Å². The Hall–Kier alpha value is -3.74. The van der Waals surface area contributed by atoms with Crippen LogP contribution in [0.15, 0.2) is 36.9 Å². The molecule has 1 fully saturated rings. The Morgan fingerprint density at radius 3 is 2.76 bits per heavy atom. The van der Waals surface area contributed by atoms with E-state index in [-0.39, 0.29) is 12.8 Å². The predicted octanol–water partition coefficient (Wildman–Crippen LogP) is 4.59. The lowest BCUT2D eigenvalue weighted by Gasteiger charge is -2.31. The molecule has 2 aliphatic rings. The van der Waals surface area contributed by atoms with E-state index in [0.717, 1.165) is 12.0 Å². The number of hydrogen-bond acceptors (Lipinski definition) is 5. The van der Waals surface area contributed by atoms with Crippen LogP contribution in [0.3, 0.4) is 0 Å². The highest BCUT2D eigenvalue weighted by molar-refractivity contribution is 5.94. The lowest BCUT2D eigenvalue weighted by Crippen LogP contribution is -2.27. The van der Waals surface area contributed by atoms with Crippen molar-refractivity contribution in [3.63, 3.8) is 0 Å². The van der Waals surface area contributed by atoms with E-state index in [2.05, 4.69) is 32.0 Å². The summed E-state index contributed by atoms with van der Waals surface area (Å²) in [6.45, 7) is 0.584. The van der Waals surface area contributed by atoms with Gasteiger partial charge in [-0.1, -0.05) is 11.8 Å². The van der Waals surface area contributed by atoms with E-state index in [1.165, 1.54) is 24.7 Å². The van der Waals surface area contributed by atoms with Gasteiger partial charge in [0.15, 0.2) is 0 Å². The van der Waals surface area contributed by atoms with Crippen LogP contribution >= 0.6 is 0 Å². The second kappa shape index (κ2) is 6.88. The Balaban J connectivity index is 1.50. The summed E-state index contributed by atoms with van der Waals surface area (Å²) in [5.74, 6) is 5.68. The molecule has 6 nitrogen and oxygen atoms in total. The largest absolute Gasteiger partial charge is 0.405 e. The standard InChI is InChI=1S/C23H16F4N6/c24-15-3-4-18-17(10-15)20(30-21-31-29-13-33(18)21)32-9-1-2-16-14(11-28-12-19(16)32)5-6-22(7-8-22)23(25,26)27/h3-4,10-13H,1-2,7-9H2. The second-order valence-electron chi connectivity index (χ2n) is 8.37. The fourth-order valence-electron chi connectivity index (χ4n) is 4.36. The van der Waals surface area contributed by atoms with Crippen LogP contribution in [-0.2, 0) is 6.42 Å². The van der Waals surface area contributed by atoms with E-state index in [0.29, 0.717) is 46.7 Å². The van der Waals surface area contributed by atoms with Crippen LogP contribution in [0.5, 0.6) is 0 Å². The number of fused-ring (bicyclic) bond motifs is 4. The molecule has 3 aromatic heterocycles. The van der Waals surface area contributed by atoms with Gasteiger partial charge in [-0.3, -0.25) is 9.38 Å². The SMILES string of the molecule is Fc1ccc2c(c1)c(N1CCCc3c(C#CC4(C(F)(F)F)CC4)cncc31)nc1nncn12. The van der Waals surface area contributed by atoms with Gasteiger partial charge in [-0.05, 0) is 49.4 Å². The zero-order valence-electron chi connectivity index (χ0n) is 17.2. The summed E-state index contributed by atoms with van der Waals surface area (Å²) in [5, 5.41) is 8.52. The number of benzene rings is 1. The maximum atomic E-state index is 14.2. The Labute approximate surface area is 185 Å². The number of pyridine rings is 1. The maximum Gasteiger partial charge on any atom is 0.405 e. The van der Waals surface area contributed by atoms with Crippen molar-refractivity contribution in [2.24, 2.45) is 5.41 Å². The Morgan fingerprint density at radius 2 is 1.97 bits per heavy atom. The molecule has 0 bridgehead atoms.